The number of aryl methyl sites for hydroxylation is 1. The molecule has 1 heterocycles. The molecule has 0 bridgehead atoms. The highest BCUT2D eigenvalue weighted by Gasteiger charge is 2.08. The van der Waals surface area contributed by atoms with Crippen LogP contribution in [0.2, 0.25) is 0 Å². The summed E-state index contributed by atoms with van der Waals surface area (Å²) in [5.41, 5.74) is 9.44. The van der Waals surface area contributed by atoms with Gasteiger partial charge in [-0.25, -0.2) is 0 Å². The molecule has 1 unspecified atom stereocenters. The summed E-state index contributed by atoms with van der Waals surface area (Å²) >= 11 is 0. The highest BCUT2D eigenvalue weighted by atomic mass is 16.3. The first-order valence-corrected chi connectivity index (χ1v) is 3.71. The number of hydrogen-bond acceptors (Lipinski definition) is 4. The Bertz CT molecular complexity index is 316. The largest absolute Gasteiger partial charge is 0.396 e. The summed E-state index contributed by atoms with van der Waals surface area (Å²) in [6.45, 7) is 1.54. The van der Waals surface area contributed by atoms with Crippen LogP contribution in [0, 0.1) is 6.92 Å². The van der Waals surface area contributed by atoms with E-state index >= 15 is 0 Å². The first kappa shape index (κ1) is 9.44. The van der Waals surface area contributed by atoms with Gasteiger partial charge in [0, 0.05) is 17.3 Å². The van der Waals surface area contributed by atoms with Gasteiger partial charge in [0.05, 0.1) is 18.0 Å². The normalized spacial score (nSPS) is 11.8. The van der Waals surface area contributed by atoms with Crippen molar-refractivity contribution in [3.8, 4) is 0 Å². The Kier molecular flexibility index (Phi) is 3.19. The fourth-order valence-electron chi connectivity index (χ4n) is 0.826. The minimum Gasteiger partial charge on any atom is -0.396 e. The molecule has 0 saturated carbocycles. The van der Waals surface area contributed by atoms with Crippen molar-refractivity contribution in [2.75, 3.05) is 6.61 Å². The van der Waals surface area contributed by atoms with Crippen LogP contribution in [0.15, 0.2) is 17.5 Å². The van der Waals surface area contributed by atoms with Crippen molar-refractivity contribution in [2.45, 2.75) is 13.0 Å². The van der Waals surface area contributed by atoms with Crippen molar-refractivity contribution in [3.63, 3.8) is 0 Å². The molecule has 0 aliphatic heterocycles. The molecule has 1 N–H and O–H groups in total. The number of aliphatic hydroxyl groups is 1. The number of azide groups is 1. The van der Waals surface area contributed by atoms with Crippen molar-refractivity contribution in [1.82, 2.24) is 9.97 Å². The van der Waals surface area contributed by atoms with Gasteiger partial charge in [0.25, 0.3) is 0 Å². The van der Waals surface area contributed by atoms with Crippen LogP contribution in [0.1, 0.15) is 17.4 Å². The number of aliphatic hydroxyl groups excluding tert-OH is 1. The minimum absolute atomic E-state index is 0.262. The minimum atomic E-state index is -0.641. The van der Waals surface area contributed by atoms with E-state index in [2.05, 4.69) is 20.0 Å². The smallest absolute Gasteiger partial charge is 0.104 e. The number of nitrogens with zero attached hydrogens (tertiary/aromatic N) is 5. The molecule has 68 valence electrons. The van der Waals surface area contributed by atoms with Crippen molar-refractivity contribution in [3.05, 3.63) is 34.2 Å². The Morgan fingerprint density at radius 1 is 1.62 bits per heavy atom. The predicted molar refractivity (Wildman–Crippen MR) is 45.7 cm³/mol. The number of aromatic nitrogens is 2. The van der Waals surface area contributed by atoms with Crippen LogP contribution in [0.3, 0.4) is 0 Å². The lowest BCUT2D eigenvalue weighted by Crippen LogP contribution is -2.03. The fourth-order valence-corrected chi connectivity index (χ4v) is 0.826. The lowest BCUT2D eigenvalue weighted by Gasteiger charge is -2.05. The predicted octanol–water partition coefficient (Wildman–Crippen LogP) is 1.13. The second-order valence-electron chi connectivity index (χ2n) is 2.49. The lowest BCUT2D eigenvalue weighted by molar-refractivity contribution is 0.265. The summed E-state index contributed by atoms with van der Waals surface area (Å²) in [5.74, 6) is 0. The van der Waals surface area contributed by atoms with Crippen LogP contribution in [-0.2, 0) is 0 Å². The van der Waals surface area contributed by atoms with Gasteiger partial charge in [0.15, 0.2) is 0 Å². The third kappa shape index (κ3) is 2.40. The van der Waals surface area contributed by atoms with Gasteiger partial charge in [0.1, 0.15) is 6.04 Å². The summed E-state index contributed by atoms with van der Waals surface area (Å²) in [6.07, 6.45) is 3.05. The fraction of sp³-hybridized carbons (Fsp3) is 0.429. The van der Waals surface area contributed by atoms with Crippen molar-refractivity contribution in [2.24, 2.45) is 5.11 Å². The van der Waals surface area contributed by atoms with Crippen LogP contribution in [-0.4, -0.2) is 21.7 Å². The van der Waals surface area contributed by atoms with E-state index in [1.165, 1.54) is 6.20 Å². The summed E-state index contributed by atoms with van der Waals surface area (Å²) in [5, 5.41) is 12.2. The van der Waals surface area contributed by atoms with Crippen LogP contribution >= 0.6 is 0 Å². The molecule has 0 aliphatic carbocycles. The molecule has 1 aromatic rings. The maximum Gasteiger partial charge on any atom is 0.104 e. The van der Waals surface area contributed by atoms with Gasteiger partial charge in [-0.15, -0.1) is 0 Å². The average Bonchev–Trinajstić information content (AvgIpc) is 2.16. The Morgan fingerprint density at radius 3 is 2.85 bits per heavy atom. The van der Waals surface area contributed by atoms with Crippen molar-refractivity contribution < 1.29 is 5.11 Å². The quantitative estimate of drug-likeness (QED) is 0.428. The maximum absolute atomic E-state index is 8.85. The highest BCUT2D eigenvalue weighted by molar-refractivity contribution is 5.05. The Balaban J connectivity index is 2.91. The highest BCUT2D eigenvalue weighted by Crippen LogP contribution is 2.12. The number of hydrogen-bond donors (Lipinski definition) is 1. The zero-order valence-electron chi connectivity index (χ0n) is 7.12. The van der Waals surface area contributed by atoms with Gasteiger partial charge in [-0.2, -0.15) is 0 Å². The first-order chi connectivity index (χ1) is 6.27. The first-order valence-electron chi connectivity index (χ1n) is 3.71. The topological polar surface area (TPSA) is 94.8 Å². The second kappa shape index (κ2) is 4.39. The molecule has 0 aliphatic rings. The van der Waals surface area contributed by atoms with E-state index in [1.807, 2.05) is 0 Å². The van der Waals surface area contributed by atoms with Gasteiger partial charge in [-0.05, 0) is 12.5 Å². The van der Waals surface area contributed by atoms with E-state index in [-0.39, 0.29) is 6.61 Å². The van der Waals surface area contributed by atoms with E-state index in [4.69, 9.17) is 10.6 Å². The molecule has 0 fully saturated rings. The van der Waals surface area contributed by atoms with Crippen LogP contribution < -0.4 is 0 Å². The Hall–Kier alpha value is -1.65. The zero-order valence-corrected chi connectivity index (χ0v) is 7.12. The molecular formula is C7H9N5O. The third-order valence-corrected chi connectivity index (χ3v) is 1.51. The van der Waals surface area contributed by atoms with E-state index in [1.54, 1.807) is 13.1 Å². The molecular weight excluding hydrogens is 170 g/mol. The van der Waals surface area contributed by atoms with Crippen molar-refractivity contribution in [1.29, 1.82) is 0 Å². The van der Waals surface area contributed by atoms with E-state index in [0.717, 1.165) is 5.69 Å². The molecule has 6 heteroatoms. The molecule has 1 rings (SSSR count). The molecule has 0 aromatic carbocycles. The summed E-state index contributed by atoms with van der Waals surface area (Å²) in [7, 11) is 0. The van der Waals surface area contributed by atoms with E-state index in [9.17, 15) is 0 Å². The SMILES string of the molecule is Cc1cnc(C(CO)N=[N+]=[N-])cn1. The molecule has 1 atom stereocenters. The molecule has 0 amide bonds. The lowest BCUT2D eigenvalue weighted by atomic mass is 10.2. The molecule has 0 saturated heterocycles. The van der Waals surface area contributed by atoms with E-state index in [0.29, 0.717) is 5.69 Å². The van der Waals surface area contributed by atoms with Crippen LogP contribution in [0.5, 0.6) is 0 Å². The third-order valence-electron chi connectivity index (χ3n) is 1.51. The number of rotatable bonds is 3. The summed E-state index contributed by atoms with van der Waals surface area (Å²) in [4.78, 5) is 10.6. The van der Waals surface area contributed by atoms with Crippen molar-refractivity contribution >= 4 is 0 Å². The summed E-state index contributed by atoms with van der Waals surface area (Å²) in [6, 6.07) is -0.641. The molecule has 0 spiro atoms. The van der Waals surface area contributed by atoms with Gasteiger partial charge >= 0.3 is 0 Å². The molecule has 0 radical (unpaired) electrons. The molecule has 6 nitrogen and oxygen atoms in total. The molecule has 13 heavy (non-hydrogen) atoms. The molecule has 1 aromatic heterocycles. The Morgan fingerprint density at radius 2 is 2.38 bits per heavy atom. The monoisotopic (exact) mass is 179 g/mol. The van der Waals surface area contributed by atoms with Gasteiger partial charge in [-0.3, -0.25) is 9.97 Å². The van der Waals surface area contributed by atoms with Gasteiger partial charge in [0.2, 0.25) is 0 Å². The van der Waals surface area contributed by atoms with E-state index < -0.39 is 6.04 Å². The summed E-state index contributed by atoms with van der Waals surface area (Å²) < 4.78 is 0. The zero-order chi connectivity index (χ0) is 9.68. The van der Waals surface area contributed by atoms with Crippen LogP contribution in [0.25, 0.3) is 10.4 Å². The Labute approximate surface area is 74.9 Å². The van der Waals surface area contributed by atoms with Gasteiger partial charge < -0.3 is 5.11 Å². The standard InChI is InChI=1S/C7H9N5O/c1-5-2-10-6(3-9-5)7(4-13)11-12-8/h2-3,7,13H,4H2,1H3. The maximum atomic E-state index is 8.85. The average molecular weight is 179 g/mol. The second-order valence-corrected chi connectivity index (χ2v) is 2.49. The van der Waals surface area contributed by atoms with Crippen LogP contribution in [0.4, 0.5) is 0 Å². The van der Waals surface area contributed by atoms with Gasteiger partial charge in [-0.1, -0.05) is 5.11 Å².